The van der Waals surface area contributed by atoms with Crippen molar-refractivity contribution in [3.63, 3.8) is 0 Å². The van der Waals surface area contributed by atoms with E-state index in [1.54, 1.807) is 0 Å². The molecule has 0 aromatic heterocycles. The Morgan fingerprint density at radius 2 is 1.86 bits per heavy atom. The number of nitrogens with two attached hydrogens (primary N) is 1. The van der Waals surface area contributed by atoms with Gasteiger partial charge in [0.15, 0.2) is 0 Å². The maximum Gasteiger partial charge on any atom is 0.0352 e. The van der Waals surface area contributed by atoms with Crippen LogP contribution in [0.2, 0.25) is 0 Å². The predicted molar refractivity (Wildman–Crippen MR) is 92.3 cm³/mol. The molecule has 110 valence electrons. The van der Waals surface area contributed by atoms with E-state index in [-0.39, 0.29) is 0 Å². The Kier molecular flexibility index (Phi) is 3.99. The van der Waals surface area contributed by atoms with Crippen LogP contribution in [0.3, 0.4) is 0 Å². The number of rotatable bonds is 3. The average molecular weight is 297 g/mol. The first kappa shape index (κ1) is 14.5. The van der Waals surface area contributed by atoms with Crippen LogP contribution < -0.4 is 5.73 Å². The highest BCUT2D eigenvalue weighted by atomic mass is 32.2. The fourth-order valence-electron chi connectivity index (χ4n) is 3.13. The summed E-state index contributed by atoms with van der Waals surface area (Å²) in [7, 11) is 0. The van der Waals surface area contributed by atoms with Crippen LogP contribution in [-0.2, 0) is 12.8 Å². The van der Waals surface area contributed by atoms with Gasteiger partial charge in [-0.2, -0.15) is 0 Å². The molecule has 0 saturated heterocycles. The molecule has 0 atom stereocenters. The molecule has 0 amide bonds. The van der Waals surface area contributed by atoms with Crippen molar-refractivity contribution in [1.29, 1.82) is 0 Å². The molecule has 3 rings (SSSR count). The van der Waals surface area contributed by atoms with Crippen LogP contribution in [0, 0.1) is 6.92 Å². The third-order valence-electron chi connectivity index (χ3n) is 4.32. The molecule has 2 aromatic rings. The first-order chi connectivity index (χ1) is 10.1. The Morgan fingerprint density at radius 1 is 1.10 bits per heavy atom. The van der Waals surface area contributed by atoms with Crippen LogP contribution in [0.5, 0.6) is 0 Å². The molecule has 1 nitrogen and oxygen atoms in total. The molecule has 0 radical (unpaired) electrons. The molecule has 21 heavy (non-hydrogen) atoms. The van der Waals surface area contributed by atoms with Gasteiger partial charge in [0.1, 0.15) is 0 Å². The fraction of sp³-hybridized carbons (Fsp3) is 0.368. The highest BCUT2D eigenvalue weighted by molar-refractivity contribution is 7.99. The van der Waals surface area contributed by atoms with Gasteiger partial charge in [-0.1, -0.05) is 37.7 Å². The van der Waals surface area contributed by atoms with Crippen molar-refractivity contribution in [2.75, 3.05) is 5.73 Å². The lowest BCUT2D eigenvalue weighted by Gasteiger charge is -2.15. The van der Waals surface area contributed by atoms with E-state index in [1.165, 1.54) is 44.9 Å². The molecule has 1 aliphatic carbocycles. The van der Waals surface area contributed by atoms with E-state index in [4.69, 9.17) is 5.73 Å². The van der Waals surface area contributed by atoms with E-state index >= 15 is 0 Å². The third-order valence-corrected chi connectivity index (χ3v) is 5.58. The molecule has 2 heteroatoms. The minimum absolute atomic E-state index is 0.573. The Bertz CT molecular complexity index is 674. The van der Waals surface area contributed by atoms with Gasteiger partial charge < -0.3 is 5.73 Å². The molecule has 0 fully saturated rings. The van der Waals surface area contributed by atoms with Gasteiger partial charge in [-0.25, -0.2) is 0 Å². The molecule has 0 unspecified atom stereocenters. The minimum atomic E-state index is 0.573. The van der Waals surface area contributed by atoms with Crippen molar-refractivity contribution >= 4 is 17.4 Å². The van der Waals surface area contributed by atoms with Crippen molar-refractivity contribution in [2.24, 2.45) is 0 Å². The fourth-order valence-corrected chi connectivity index (χ4v) is 4.28. The Hall–Kier alpha value is -1.41. The van der Waals surface area contributed by atoms with Crippen molar-refractivity contribution < 1.29 is 0 Å². The number of fused-ring (bicyclic) bond motifs is 1. The van der Waals surface area contributed by atoms with Gasteiger partial charge in [-0.05, 0) is 72.6 Å². The summed E-state index contributed by atoms with van der Waals surface area (Å²) in [6.07, 6.45) is 3.55. The Morgan fingerprint density at radius 3 is 2.62 bits per heavy atom. The molecule has 0 spiro atoms. The Labute approximate surface area is 132 Å². The highest BCUT2D eigenvalue weighted by Gasteiger charge is 2.20. The van der Waals surface area contributed by atoms with Crippen molar-refractivity contribution in [2.45, 2.75) is 55.7 Å². The van der Waals surface area contributed by atoms with Gasteiger partial charge in [-0.3, -0.25) is 0 Å². The molecular formula is C19H23NS. The minimum Gasteiger partial charge on any atom is -0.398 e. The summed E-state index contributed by atoms with van der Waals surface area (Å²) in [6, 6.07) is 11.1. The van der Waals surface area contributed by atoms with E-state index in [9.17, 15) is 0 Å². The van der Waals surface area contributed by atoms with Crippen LogP contribution in [0.4, 0.5) is 5.69 Å². The van der Waals surface area contributed by atoms with E-state index in [0.717, 1.165) is 12.1 Å². The van der Waals surface area contributed by atoms with Gasteiger partial charge in [-0.15, -0.1) is 0 Å². The summed E-state index contributed by atoms with van der Waals surface area (Å²) in [4.78, 5) is 2.76. The largest absolute Gasteiger partial charge is 0.398 e. The third kappa shape index (κ3) is 2.82. The van der Waals surface area contributed by atoms with Gasteiger partial charge in [0.25, 0.3) is 0 Å². The lowest BCUT2D eigenvalue weighted by molar-refractivity contribution is 0.862. The topological polar surface area (TPSA) is 26.0 Å². The molecular weight excluding hydrogens is 274 g/mol. The van der Waals surface area contributed by atoms with Crippen LogP contribution in [0.15, 0.2) is 40.1 Å². The maximum absolute atomic E-state index is 6.19. The molecule has 0 saturated carbocycles. The maximum atomic E-state index is 6.19. The zero-order valence-electron chi connectivity index (χ0n) is 13.1. The highest BCUT2D eigenvalue weighted by Crippen LogP contribution is 2.41. The monoisotopic (exact) mass is 297 g/mol. The zero-order valence-corrected chi connectivity index (χ0v) is 13.9. The van der Waals surface area contributed by atoms with E-state index in [1.807, 2.05) is 11.8 Å². The lowest BCUT2D eigenvalue weighted by atomic mass is 10.0. The van der Waals surface area contributed by atoms with Gasteiger partial charge in [0.2, 0.25) is 0 Å². The van der Waals surface area contributed by atoms with E-state index in [2.05, 4.69) is 51.1 Å². The standard InChI is InChI=1S/C19H23NS/c1-12(2)14-6-4-7-15(11-14)21-19-13(3)10-18(20)16-8-5-9-17(16)19/h4,6-7,10-12H,5,8-9,20H2,1-3H3. The molecule has 1 aliphatic rings. The number of hydrogen-bond acceptors (Lipinski definition) is 2. The quantitative estimate of drug-likeness (QED) is 0.774. The summed E-state index contributed by atoms with van der Waals surface area (Å²) >= 11 is 1.90. The number of benzene rings is 2. The van der Waals surface area contributed by atoms with Crippen molar-refractivity contribution in [3.05, 3.63) is 52.6 Å². The number of aryl methyl sites for hydroxylation is 1. The molecule has 0 bridgehead atoms. The number of nitrogen functional groups attached to an aromatic ring is 1. The lowest BCUT2D eigenvalue weighted by Crippen LogP contribution is -1.98. The van der Waals surface area contributed by atoms with E-state index in [0.29, 0.717) is 5.92 Å². The van der Waals surface area contributed by atoms with Gasteiger partial charge >= 0.3 is 0 Å². The second-order valence-corrected chi connectivity index (χ2v) is 7.34. The zero-order chi connectivity index (χ0) is 15.0. The molecule has 2 N–H and O–H groups in total. The summed E-state index contributed by atoms with van der Waals surface area (Å²) < 4.78 is 0. The van der Waals surface area contributed by atoms with Crippen LogP contribution >= 0.6 is 11.8 Å². The van der Waals surface area contributed by atoms with Gasteiger partial charge in [0, 0.05) is 15.5 Å². The van der Waals surface area contributed by atoms with Crippen LogP contribution in [0.1, 0.15) is 48.4 Å². The van der Waals surface area contributed by atoms with Gasteiger partial charge in [0.05, 0.1) is 0 Å². The number of anilines is 1. The second kappa shape index (κ2) is 5.76. The van der Waals surface area contributed by atoms with Crippen LogP contribution in [-0.4, -0.2) is 0 Å². The summed E-state index contributed by atoms with van der Waals surface area (Å²) in [5, 5.41) is 0. The Balaban J connectivity index is 1.99. The van der Waals surface area contributed by atoms with Crippen molar-refractivity contribution in [1.82, 2.24) is 0 Å². The first-order valence-corrected chi connectivity index (χ1v) is 8.56. The first-order valence-electron chi connectivity index (χ1n) is 7.75. The molecule has 2 aromatic carbocycles. The van der Waals surface area contributed by atoms with E-state index < -0.39 is 0 Å². The smallest absolute Gasteiger partial charge is 0.0352 e. The number of hydrogen-bond donors (Lipinski definition) is 1. The average Bonchev–Trinajstić information content (AvgIpc) is 2.93. The molecule has 0 heterocycles. The second-order valence-electron chi connectivity index (χ2n) is 6.25. The summed E-state index contributed by atoms with van der Waals surface area (Å²) in [5.74, 6) is 0.573. The predicted octanol–water partition coefficient (Wildman–Crippen LogP) is 5.34. The van der Waals surface area contributed by atoms with Crippen molar-refractivity contribution in [3.8, 4) is 0 Å². The SMILES string of the molecule is Cc1cc(N)c2c(c1Sc1cccc(C(C)C)c1)CCC2. The van der Waals surface area contributed by atoms with Crippen LogP contribution in [0.25, 0.3) is 0 Å². The summed E-state index contributed by atoms with van der Waals surface area (Å²) in [6.45, 7) is 6.68. The summed E-state index contributed by atoms with van der Waals surface area (Å²) in [5.41, 5.74) is 12.8. The molecule has 0 aliphatic heterocycles. The normalized spacial score (nSPS) is 13.7.